The zero-order valence-corrected chi connectivity index (χ0v) is 10.8. The number of ether oxygens (including phenoxy) is 2. The van der Waals surface area contributed by atoms with Gasteiger partial charge >= 0.3 is 0 Å². The van der Waals surface area contributed by atoms with Gasteiger partial charge in [0.15, 0.2) is 0 Å². The van der Waals surface area contributed by atoms with Crippen LogP contribution in [-0.2, 0) is 9.47 Å². The maximum Gasteiger partial charge on any atom is 0.0857 e. The van der Waals surface area contributed by atoms with E-state index in [-0.39, 0.29) is 5.60 Å². The Bertz CT molecular complexity index is 228. The van der Waals surface area contributed by atoms with Gasteiger partial charge in [-0.3, -0.25) is 0 Å². The largest absolute Gasteiger partial charge is 0.378 e. The Labute approximate surface area is 98.9 Å². The van der Waals surface area contributed by atoms with Crippen molar-refractivity contribution in [1.82, 2.24) is 5.32 Å². The average molecular weight is 227 g/mol. The predicted octanol–water partition coefficient (Wildman–Crippen LogP) is 1.96. The van der Waals surface area contributed by atoms with E-state index >= 15 is 0 Å². The summed E-state index contributed by atoms with van der Waals surface area (Å²) in [5.74, 6) is 0.586. The molecule has 16 heavy (non-hydrogen) atoms. The van der Waals surface area contributed by atoms with Crippen LogP contribution in [0.5, 0.6) is 0 Å². The van der Waals surface area contributed by atoms with Crippen molar-refractivity contribution >= 4 is 0 Å². The van der Waals surface area contributed by atoms with E-state index in [0.29, 0.717) is 18.1 Å². The lowest BCUT2D eigenvalue weighted by atomic mass is 9.84. The molecule has 0 aromatic rings. The summed E-state index contributed by atoms with van der Waals surface area (Å²) in [6, 6.07) is 0. The number of nitrogens with one attached hydrogen (secondary N) is 1. The van der Waals surface area contributed by atoms with Gasteiger partial charge in [0.2, 0.25) is 0 Å². The molecule has 0 aromatic heterocycles. The van der Waals surface area contributed by atoms with Crippen LogP contribution in [0.3, 0.4) is 0 Å². The van der Waals surface area contributed by atoms with E-state index in [2.05, 4.69) is 26.1 Å². The molecule has 3 atom stereocenters. The molecule has 3 heteroatoms. The molecule has 1 spiro atoms. The lowest BCUT2D eigenvalue weighted by Gasteiger charge is -2.47. The summed E-state index contributed by atoms with van der Waals surface area (Å²) in [5.41, 5.74) is 0.0477. The fourth-order valence-corrected chi connectivity index (χ4v) is 2.75. The van der Waals surface area contributed by atoms with Crippen LogP contribution in [0, 0.1) is 5.92 Å². The Morgan fingerprint density at radius 1 is 1.44 bits per heavy atom. The van der Waals surface area contributed by atoms with E-state index in [1.807, 2.05) is 0 Å². The second-order valence-electron chi connectivity index (χ2n) is 5.57. The first-order valence-electron chi connectivity index (χ1n) is 6.65. The van der Waals surface area contributed by atoms with Gasteiger partial charge in [-0.25, -0.2) is 0 Å². The van der Waals surface area contributed by atoms with Gasteiger partial charge in [0.25, 0.3) is 0 Å². The number of hydrogen-bond acceptors (Lipinski definition) is 3. The third-order valence-corrected chi connectivity index (χ3v) is 3.90. The molecule has 0 aromatic carbocycles. The predicted molar refractivity (Wildman–Crippen MR) is 64.6 cm³/mol. The SMILES string of the molecule is CCC1CNCC2(CCOC(C(C)C)C2)O1. The molecule has 2 aliphatic heterocycles. The fourth-order valence-electron chi connectivity index (χ4n) is 2.75. The van der Waals surface area contributed by atoms with Gasteiger partial charge < -0.3 is 14.8 Å². The van der Waals surface area contributed by atoms with Gasteiger partial charge in [-0.2, -0.15) is 0 Å². The van der Waals surface area contributed by atoms with Crippen molar-refractivity contribution in [1.29, 1.82) is 0 Å². The first-order valence-corrected chi connectivity index (χ1v) is 6.65. The van der Waals surface area contributed by atoms with Crippen molar-refractivity contribution in [2.75, 3.05) is 19.7 Å². The minimum absolute atomic E-state index is 0.0477. The van der Waals surface area contributed by atoms with Crippen LogP contribution < -0.4 is 5.32 Å². The van der Waals surface area contributed by atoms with E-state index in [1.54, 1.807) is 0 Å². The van der Waals surface area contributed by atoms with Crippen LogP contribution >= 0.6 is 0 Å². The molecule has 2 rings (SSSR count). The third kappa shape index (κ3) is 2.58. The quantitative estimate of drug-likeness (QED) is 0.782. The average Bonchev–Trinajstić information content (AvgIpc) is 2.29. The zero-order valence-electron chi connectivity index (χ0n) is 10.8. The fraction of sp³-hybridized carbons (Fsp3) is 1.00. The lowest BCUT2D eigenvalue weighted by Crippen LogP contribution is -2.58. The molecule has 0 aliphatic carbocycles. The van der Waals surface area contributed by atoms with Gasteiger partial charge in [-0.05, 0) is 12.3 Å². The highest BCUT2D eigenvalue weighted by atomic mass is 16.5. The van der Waals surface area contributed by atoms with Crippen LogP contribution in [0.2, 0.25) is 0 Å². The molecule has 1 N–H and O–H groups in total. The number of hydrogen-bond donors (Lipinski definition) is 1. The Balaban J connectivity index is 2.00. The molecule has 3 nitrogen and oxygen atoms in total. The topological polar surface area (TPSA) is 30.5 Å². The normalized spacial score (nSPS) is 40.5. The highest BCUT2D eigenvalue weighted by molar-refractivity contribution is 4.94. The standard InChI is InChI=1S/C13H25NO2/c1-4-11-8-14-9-13(16-11)5-6-15-12(7-13)10(2)3/h10-12,14H,4-9H2,1-3H3. The monoisotopic (exact) mass is 227 g/mol. The van der Waals surface area contributed by atoms with Crippen molar-refractivity contribution in [2.24, 2.45) is 5.92 Å². The molecular weight excluding hydrogens is 202 g/mol. The minimum Gasteiger partial charge on any atom is -0.378 e. The zero-order chi connectivity index (χ0) is 11.6. The Hall–Kier alpha value is -0.120. The highest BCUT2D eigenvalue weighted by Crippen LogP contribution is 2.34. The molecule has 0 radical (unpaired) electrons. The van der Waals surface area contributed by atoms with Crippen molar-refractivity contribution in [3.8, 4) is 0 Å². The number of morpholine rings is 1. The first-order chi connectivity index (χ1) is 7.65. The Kier molecular flexibility index (Phi) is 3.88. The van der Waals surface area contributed by atoms with Crippen molar-refractivity contribution < 1.29 is 9.47 Å². The summed E-state index contributed by atoms with van der Waals surface area (Å²) in [6.45, 7) is 9.52. The van der Waals surface area contributed by atoms with Gasteiger partial charge in [-0.15, -0.1) is 0 Å². The van der Waals surface area contributed by atoms with Gasteiger partial charge in [-0.1, -0.05) is 20.8 Å². The molecule has 0 amide bonds. The van der Waals surface area contributed by atoms with Crippen molar-refractivity contribution in [3.63, 3.8) is 0 Å². The smallest absolute Gasteiger partial charge is 0.0857 e. The number of rotatable bonds is 2. The highest BCUT2D eigenvalue weighted by Gasteiger charge is 2.42. The maximum absolute atomic E-state index is 6.30. The van der Waals surface area contributed by atoms with Gasteiger partial charge in [0.1, 0.15) is 0 Å². The van der Waals surface area contributed by atoms with Crippen LogP contribution in [0.1, 0.15) is 40.0 Å². The molecule has 2 heterocycles. The lowest BCUT2D eigenvalue weighted by molar-refractivity contribution is -0.184. The summed E-state index contributed by atoms with van der Waals surface area (Å²) in [5, 5.41) is 3.53. The summed E-state index contributed by atoms with van der Waals surface area (Å²) in [4.78, 5) is 0. The Morgan fingerprint density at radius 3 is 2.94 bits per heavy atom. The molecule has 2 saturated heterocycles. The van der Waals surface area contributed by atoms with E-state index < -0.39 is 0 Å². The van der Waals surface area contributed by atoms with E-state index in [4.69, 9.17) is 9.47 Å². The molecule has 0 saturated carbocycles. The van der Waals surface area contributed by atoms with Crippen molar-refractivity contribution in [3.05, 3.63) is 0 Å². The second kappa shape index (κ2) is 5.03. The summed E-state index contributed by atoms with van der Waals surface area (Å²) < 4.78 is 12.1. The molecule has 3 unspecified atom stereocenters. The third-order valence-electron chi connectivity index (χ3n) is 3.90. The van der Waals surface area contributed by atoms with Crippen LogP contribution in [0.15, 0.2) is 0 Å². The molecule has 94 valence electrons. The summed E-state index contributed by atoms with van der Waals surface area (Å²) in [6.07, 6.45) is 3.95. The van der Waals surface area contributed by atoms with Crippen molar-refractivity contribution in [2.45, 2.75) is 57.8 Å². The van der Waals surface area contributed by atoms with Gasteiger partial charge in [0, 0.05) is 32.5 Å². The van der Waals surface area contributed by atoms with Crippen LogP contribution in [-0.4, -0.2) is 37.5 Å². The molecular formula is C13H25NO2. The first kappa shape index (κ1) is 12.3. The van der Waals surface area contributed by atoms with Crippen LogP contribution in [0.25, 0.3) is 0 Å². The maximum atomic E-state index is 6.30. The molecule has 2 fully saturated rings. The van der Waals surface area contributed by atoms with E-state index in [9.17, 15) is 0 Å². The van der Waals surface area contributed by atoms with E-state index in [0.717, 1.165) is 39.0 Å². The van der Waals surface area contributed by atoms with Crippen LogP contribution in [0.4, 0.5) is 0 Å². The second-order valence-corrected chi connectivity index (χ2v) is 5.57. The summed E-state index contributed by atoms with van der Waals surface area (Å²) >= 11 is 0. The summed E-state index contributed by atoms with van der Waals surface area (Å²) in [7, 11) is 0. The Morgan fingerprint density at radius 2 is 2.25 bits per heavy atom. The van der Waals surface area contributed by atoms with Gasteiger partial charge in [0.05, 0.1) is 17.8 Å². The van der Waals surface area contributed by atoms with E-state index in [1.165, 1.54) is 0 Å². The molecule has 0 bridgehead atoms. The minimum atomic E-state index is 0.0477. The molecule has 2 aliphatic rings.